The zero-order valence-corrected chi connectivity index (χ0v) is 11.2. The molecule has 0 aliphatic carbocycles. The number of aryl methyl sites for hydroxylation is 2. The number of nitrogens with one attached hydrogen (secondary N) is 1. The molecule has 0 aliphatic rings. The number of amides is 1. The first-order chi connectivity index (χ1) is 8.61. The molecule has 18 heavy (non-hydrogen) atoms. The molecule has 1 unspecified atom stereocenters. The molecule has 96 valence electrons. The Morgan fingerprint density at radius 2 is 2.44 bits per heavy atom. The van der Waals surface area contributed by atoms with Crippen molar-refractivity contribution in [3.8, 4) is 0 Å². The van der Waals surface area contributed by atoms with Gasteiger partial charge in [-0.1, -0.05) is 13.0 Å². The second-order valence-corrected chi connectivity index (χ2v) is 4.98. The van der Waals surface area contributed by atoms with Crippen LogP contribution in [0.5, 0.6) is 0 Å². The molecule has 0 saturated heterocycles. The Labute approximate surface area is 110 Å². The van der Waals surface area contributed by atoms with Gasteiger partial charge in [-0.05, 0) is 17.9 Å². The number of carbonyl (C=O) groups excluding carboxylic acids is 1. The monoisotopic (exact) mass is 264 g/mol. The van der Waals surface area contributed by atoms with Gasteiger partial charge in [-0.25, -0.2) is 0 Å². The Kier molecular flexibility index (Phi) is 3.78. The van der Waals surface area contributed by atoms with E-state index in [1.54, 1.807) is 10.9 Å². The maximum Gasteiger partial charge on any atom is 0.246 e. The van der Waals surface area contributed by atoms with Crippen molar-refractivity contribution in [2.24, 2.45) is 12.8 Å². The van der Waals surface area contributed by atoms with Crippen molar-refractivity contribution < 1.29 is 4.79 Å². The number of thiophene rings is 1. The van der Waals surface area contributed by atoms with Gasteiger partial charge in [-0.15, -0.1) is 11.3 Å². The maximum absolute atomic E-state index is 12.0. The third kappa shape index (κ3) is 2.60. The van der Waals surface area contributed by atoms with Crippen molar-refractivity contribution in [3.05, 3.63) is 34.3 Å². The lowest BCUT2D eigenvalue weighted by Crippen LogP contribution is -2.27. The zero-order chi connectivity index (χ0) is 13.1. The first-order valence-corrected chi connectivity index (χ1v) is 6.62. The van der Waals surface area contributed by atoms with Gasteiger partial charge < -0.3 is 11.1 Å². The summed E-state index contributed by atoms with van der Waals surface area (Å²) in [4.78, 5) is 12.9. The summed E-state index contributed by atoms with van der Waals surface area (Å²) in [6, 6.07) is 3.11. The molecule has 2 heterocycles. The minimum atomic E-state index is -0.630. The summed E-state index contributed by atoms with van der Waals surface area (Å²) in [6.45, 7) is 2.00. The molecule has 0 spiro atoms. The fraction of sp³-hybridized carbons (Fsp3) is 0.333. The van der Waals surface area contributed by atoms with Crippen LogP contribution in [-0.2, 0) is 18.3 Å². The van der Waals surface area contributed by atoms with Crippen LogP contribution in [0.2, 0.25) is 0 Å². The fourth-order valence-corrected chi connectivity index (χ4v) is 2.43. The van der Waals surface area contributed by atoms with Crippen LogP contribution in [0.4, 0.5) is 5.69 Å². The standard InChI is InChI=1S/C12H16N4OS/c1-3-8-9(7-16(2)15-8)14-12(17)11(13)10-5-4-6-18-10/h4-7,11H,3,13H2,1-2H3,(H,14,17). The topological polar surface area (TPSA) is 72.9 Å². The van der Waals surface area contributed by atoms with Crippen LogP contribution in [0.25, 0.3) is 0 Å². The molecule has 5 nitrogen and oxygen atoms in total. The van der Waals surface area contributed by atoms with Crippen LogP contribution in [0.1, 0.15) is 23.5 Å². The fourth-order valence-electron chi connectivity index (χ4n) is 1.71. The van der Waals surface area contributed by atoms with Crippen molar-refractivity contribution in [1.29, 1.82) is 0 Å². The predicted molar refractivity (Wildman–Crippen MR) is 72.5 cm³/mol. The Hall–Kier alpha value is -1.66. The Morgan fingerprint density at radius 1 is 1.67 bits per heavy atom. The lowest BCUT2D eigenvalue weighted by Gasteiger charge is -2.10. The van der Waals surface area contributed by atoms with Gasteiger partial charge >= 0.3 is 0 Å². The lowest BCUT2D eigenvalue weighted by molar-refractivity contribution is -0.117. The van der Waals surface area contributed by atoms with Gasteiger partial charge in [0, 0.05) is 18.1 Å². The summed E-state index contributed by atoms with van der Waals surface area (Å²) in [7, 11) is 1.83. The molecular weight excluding hydrogens is 248 g/mol. The third-order valence-corrected chi connectivity index (χ3v) is 3.59. The first kappa shape index (κ1) is 12.8. The summed E-state index contributed by atoms with van der Waals surface area (Å²) < 4.78 is 1.69. The van der Waals surface area contributed by atoms with Gasteiger partial charge in [0.15, 0.2) is 0 Å². The lowest BCUT2D eigenvalue weighted by atomic mass is 10.2. The molecule has 6 heteroatoms. The van der Waals surface area contributed by atoms with Crippen LogP contribution < -0.4 is 11.1 Å². The average Bonchev–Trinajstić information content (AvgIpc) is 2.97. The van der Waals surface area contributed by atoms with Gasteiger partial charge in [0.1, 0.15) is 6.04 Å². The van der Waals surface area contributed by atoms with Crippen LogP contribution >= 0.6 is 11.3 Å². The number of hydrogen-bond donors (Lipinski definition) is 2. The van der Waals surface area contributed by atoms with Crippen LogP contribution in [0.15, 0.2) is 23.7 Å². The number of hydrogen-bond acceptors (Lipinski definition) is 4. The van der Waals surface area contributed by atoms with Crippen molar-refractivity contribution in [3.63, 3.8) is 0 Å². The molecule has 0 saturated carbocycles. The number of aromatic nitrogens is 2. The van der Waals surface area contributed by atoms with E-state index in [-0.39, 0.29) is 5.91 Å². The quantitative estimate of drug-likeness (QED) is 0.882. The van der Waals surface area contributed by atoms with Crippen molar-refractivity contribution in [2.75, 3.05) is 5.32 Å². The summed E-state index contributed by atoms with van der Waals surface area (Å²) in [5.41, 5.74) is 7.50. The molecule has 2 aromatic rings. The number of nitrogens with zero attached hydrogens (tertiary/aromatic N) is 2. The van der Waals surface area contributed by atoms with Crippen molar-refractivity contribution >= 4 is 22.9 Å². The Balaban J connectivity index is 2.11. The van der Waals surface area contributed by atoms with Crippen LogP contribution in [-0.4, -0.2) is 15.7 Å². The highest BCUT2D eigenvalue weighted by Crippen LogP contribution is 2.20. The van der Waals surface area contributed by atoms with E-state index in [1.165, 1.54) is 11.3 Å². The van der Waals surface area contributed by atoms with Gasteiger partial charge in [0.05, 0.1) is 11.4 Å². The van der Waals surface area contributed by atoms with Gasteiger partial charge in [-0.3, -0.25) is 9.48 Å². The summed E-state index contributed by atoms with van der Waals surface area (Å²) >= 11 is 1.48. The smallest absolute Gasteiger partial charge is 0.246 e. The molecule has 0 radical (unpaired) electrons. The van der Waals surface area contributed by atoms with E-state index in [9.17, 15) is 4.79 Å². The molecular formula is C12H16N4OS. The van der Waals surface area contributed by atoms with Gasteiger partial charge in [0.25, 0.3) is 0 Å². The SMILES string of the molecule is CCc1nn(C)cc1NC(=O)C(N)c1cccs1. The average molecular weight is 264 g/mol. The molecule has 2 aromatic heterocycles. The second kappa shape index (κ2) is 5.32. The molecule has 0 bridgehead atoms. The second-order valence-electron chi connectivity index (χ2n) is 4.00. The number of nitrogens with two attached hydrogens (primary N) is 1. The number of rotatable bonds is 4. The Morgan fingerprint density at radius 3 is 3.06 bits per heavy atom. The zero-order valence-electron chi connectivity index (χ0n) is 10.4. The van der Waals surface area contributed by atoms with Crippen molar-refractivity contribution in [1.82, 2.24) is 9.78 Å². The van der Waals surface area contributed by atoms with E-state index in [0.717, 1.165) is 22.7 Å². The van der Waals surface area contributed by atoms with Crippen molar-refractivity contribution in [2.45, 2.75) is 19.4 Å². The highest BCUT2D eigenvalue weighted by Gasteiger charge is 2.18. The normalized spacial score (nSPS) is 12.4. The minimum absolute atomic E-state index is 0.208. The Bertz CT molecular complexity index is 532. The molecule has 0 aromatic carbocycles. The maximum atomic E-state index is 12.0. The van der Waals surface area contributed by atoms with E-state index >= 15 is 0 Å². The van der Waals surface area contributed by atoms with E-state index in [4.69, 9.17) is 5.73 Å². The van der Waals surface area contributed by atoms with Gasteiger partial charge in [0.2, 0.25) is 5.91 Å². The van der Waals surface area contributed by atoms with E-state index in [0.29, 0.717) is 0 Å². The highest BCUT2D eigenvalue weighted by molar-refractivity contribution is 7.10. The molecule has 1 atom stereocenters. The molecule has 2 rings (SSSR count). The van der Waals surface area contributed by atoms with Gasteiger partial charge in [-0.2, -0.15) is 5.10 Å². The molecule has 1 amide bonds. The first-order valence-electron chi connectivity index (χ1n) is 5.74. The van der Waals surface area contributed by atoms with Crippen LogP contribution in [0.3, 0.4) is 0 Å². The van der Waals surface area contributed by atoms with E-state index in [2.05, 4.69) is 10.4 Å². The molecule has 0 fully saturated rings. The highest BCUT2D eigenvalue weighted by atomic mass is 32.1. The van der Waals surface area contributed by atoms with E-state index < -0.39 is 6.04 Å². The summed E-state index contributed by atoms with van der Waals surface area (Å²) in [5, 5.41) is 9.00. The minimum Gasteiger partial charge on any atom is -0.321 e. The predicted octanol–water partition coefficient (Wildman–Crippen LogP) is 1.68. The van der Waals surface area contributed by atoms with Crippen LogP contribution in [0, 0.1) is 0 Å². The summed E-state index contributed by atoms with van der Waals surface area (Å²) in [5.74, 6) is -0.208. The third-order valence-electron chi connectivity index (χ3n) is 2.63. The molecule has 0 aliphatic heterocycles. The molecule has 3 N–H and O–H groups in total. The summed E-state index contributed by atoms with van der Waals surface area (Å²) in [6.07, 6.45) is 2.56. The largest absolute Gasteiger partial charge is 0.321 e. The number of carbonyl (C=O) groups is 1. The number of anilines is 1. The van der Waals surface area contributed by atoms with E-state index in [1.807, 2.05) is 31.5 Å².